The van der Waals surface area contributed by atoms with Crippen molar-refractivity contribution in [2.45, 2.75) is 44.5 Å². The van der Waals surface area contributed by atoms with Gasteiger partial charge in [0.2, 0.25) is 5.41 Å². The molecule has 0 N–H and O–H groups in total. The Morgan fingerprint density at radius 3 is 1.36 bits per heavy atom. The van der Waals surface area contributed by atoms with Crippen LogP contribution < -0.4 is 0 Å². The summed E-state index contributed by atoms with van der Waals surface area (Å²) >= 11 is 0. The molecule has 0 aromatic heterocycles. The molecule has 10 heteroatoms. The van der Waals surface area contributed by atoms with Crippen molar-refractivity contribution >= 4 is 11.9 Å². The molecule has 0 saturated heterocycles. The van der Waals surface area contributed by atoms with Crippen LogP contribution in [0.25, 0.3) is 0 Å². The Hall–Kier alpha value is -3.04. The van der Waals surface area contributed by atoms with Gasteiger partial charge in [0, 0.05) is 0 Å². The summed E-state index contributed by atoms with van der Waals surface area (Å²) in [6, 6.07) is 6.28. The average molecular weight is 476 g/mol. The van der Waals surface area contributed by atoms with Crippen molar-refractivity contribution < 1.29 is 45.4 Å². The summed E-state index contributed by atoms with van der Waals surface area (Å²) in [5.74, 6) is -2.09. The topological polar surface area (TPSA) is 52.6 Å². The van der Waals surface area contributed by atoms with Gasteiger partial charge in [-0.3, -0.25) is 0 Å². The SMILES string of the molecule is CCCOC(=O)c1cccc(C(c2cccc(C(=O)OCCC)c2)(C(F)(F)F)C(F)(F)F)c1. The Morgan fingerprint density at radius 1 is 0.697 bits per heavy atom. The first kappa shape index (κ1) is 26.2. The van der Waals surface area contributed by atoms with E-state index in [1.165, 1.54) is 0 Å². The van der Waals surface area contributed by atoms with Gasteiger partial charge in [-0.25, -0.2) is 9.59 Å². The molecule has 0 aliphatic rings. The molecule has 180 valence electrons. The molecule has 0 unspecified atom stereocenters. The fourth-order valence-electron chi connectivity index (χ4n) is 3.30. The lowest BCUT2D eigenvalue weighted by atomic mass is 9.72. The maximum Gasteiger partial charge on any atom is 0.411 e. The first-order valence-electron chi connectivity index (χ1n) is 10.1. The highest BCUT2D eigenvalue weighted by Gasteiger charge is 2.72. The molecule has 0 spiro atoms. The van der Waals surface area contributed by atoms with E-state index in [0.29, 0.717) is 37.1 Å². The van der Waals surface area contributed by atoms with E-state index in [4.69, 9.17) is 9.47 Å². The second-order valence-corrected chi connectivity index (χ2v) is 7.18. The van der Waals surface area contributed by atoms with Crippen molar-refractivity contribution in [2.75, 3.05) is 13.2 Å². The van der Waals surface area contributed by atoms with Crippen LogP contribution in [0.3, 0.4) is 0 Å². The van der Waals surface area contributed by atoms with E-state index in [1.807, 2.05) is 0 Å². The lowest BCUT2D eigenvalue weighted by Crippen LogP contribution is -2.54. The van der Waals surface area contributed by atoms with Gasteiger partial charge in [0.05, 0.1) is 24.3 Å². The molecule has 0 atom stereocenters. The Kier molecular flexibility index (Phi) is 8.16. The smallest absolute Gasteiger partial charge is 0.411 e. The van der Waals surface area contributed by atoms with Crippen LogP contribution in [0, 0.1) is 0 Å². The highest BCUT2D eigenvalue weighted by molar-refractivity contribution is 5.90. The maximum atomic E-state index is 14.4. The normalized spacial score (nSPS) is 12.4. The third-order valence-electron chi connectivity index (χ3n) is 4.79. The molecule has 0 heterocycles. The van der Waals surface area contributed by atoms with Crippen LogP contribution in [0.5, 0.6) is 0 Å². The molecular weight excluding hydrogens is 454 g/mol. The molecule has 0 amide bonds. The van der Waals surface area contributed by atoms with E-state index in [2.05, 4.69) is 0 Å². The number of esters is 2. The van der Waals surface area contributed by atoms with Crippen LogP contribution in [0.15, 0.2) is 48.5 Å². The van der Waals surface area contributed by atoms with Gasteiger partial charge >= 0.3 is 24.3 Å². The van der Waals surface area contributed by atoms with Gasteiger partial charge in [-0.1, -0.05) is 38.1 Å². The number of ether oxygens (including phenoxy) is 2. The monoisotopic (exact) mass is 476 g/mol. The summed E-state index contributed by atoms with van der Waals surface area (Å²) in [5, 5.41) is 0. The van der Waals surface area contributed by atoms with Gasteiger partial charge in [-0.2, -0.15) is 26.3 Å². The van der Waals surface area contributed by atoms with Crippen molar-refractivity contribution in [1.29, 1.82) is 0 Å². The molecule has 0 radical (unpaired) electrons. The molecule has 0 bridgehead atoms. The van der Waals surface area contributed by atoms with Crippen LogP contribution in [-0.4, -0.2) is 37.5 Å². The molecule has 2 aromatic rings. The molecule has 0 fully saturated rings. The van der Waals surface area contributed by atoms with Crippen LogP contribution in [0.4, 0.5) is 26.3 Å². The van der Waals surface area contributed by atoms with E-state index in [0.717, 1.165) is 24.3 Å². The Balaban J connectivity index is 2.76. The van der Waals surface area contributed by atoms with Crippen LogP contribution in [-0.2, 0) is 14.9 Å². The van der Waals surface area contributed by atoms with Crippen LogP contribution in [0.1, 0.15) is 58.5 Å². The average Bonchev–Trinajstić information content (AvgIpc) is 2.74. The van der Waals surface area contributed by atoms with Gasteiger partial charge in [-0.15, -0.1) is 0 Å². The molecule has 2 rings (SSSR count). The Labute approximate surface area is 186 Å². The van der Waals surface area contributed by atoms with Crippen molar-refractivity contribution in [3.63, 3.8) is 0 Å². The maximum absolute atomic E-state index is 14.4. The molecule has 0 aliphatic heterocycles. The lowest BCUT2D eigenvalue weighted by molar-refractivity contribution is -0.288. The number of carbonyl (C=O) groups excluding carboxylic acids is 2. The molecule has 0 saturated carbocycles. The quantitative estimate of drug-likeness (QED) is 0.335. The first-order valence-corrected chi connectivity index (χ1v) is 10.1. The number of rotatable bonds is 8. The predicted molar refractivity (Wildman–Crippen MR) is 107 cm³/mol. The van der Waals surface area contributed by atoms with E-state index >= 15 is 0 Å². The van der Waals surface area contributed by atoms with Gasteiger partial charge in [-0.05, 0) is 48.2 Å². The number of hydrogen-bond donors (Lipinski definition) is 0. The van der Waals surface area contributed by atoms with E-state index in [1.54, 1.807) is 13.8 Å². The van der Waals surface area contributed by atoms with E-state index < -0.39 is 52.0 Å². The fourth-order valence-corrected chi connectivity index (χ4v) is 3.30. The third-order valence-corrected chi connectivity index (χ3v) is 4.79. The molecular formula is C23H22F6O4. The summed E-state index contributed by atoms with van der Waals surface area (Å²) in [6.45, 7) is 3.27. The second-order valence-electron chi connectivity index (χ2n) is 7.18. The highest BCUT2D eigenvalue weighted by atomic mass is 19.4. The number of halogens is 6. The number of alkyl halides is 6. The zero-order valence-electron chi connectivity index (χ0n) is 17.8. The molecule has 4 nitrogen and oxygen atoms in total. The molecule has 33 heavy (non-hydrogen) atoms. The van der Waals surface area contributed by atoms with E-state index in [-0.39, 0.29) is 13.2 Å². The summed E-state index contributed by atoms with van der Waals surface area (Å²) in [7, 11) is 0. The third kappa shape index (κ3) is 5.31. The zero-order chi connectivity index (χ0) is 24.9. The van der Waals surface area contributed by atoms with Gasteiger partial charge in [0.25, 0.3) is 0 Å². The van der Waals surface area contributed by atoms with Crippen LogP contribution >= 0.6 is 0 Å². The number of hydrogen-bond acceptors (Lipinski definition) is 4. The molecule has 2 aromatic carbocycles. The predicted octanol–water partition coefficient (Wildman–Crippen LogP) is 6.23. The van der Waals surface area contributed by atoms with E-state index in [9.17, 15) is 35.9 Å². The van der Waals surface area contributed by atoms with Gasteiger partial charge in [0.15, 0.2) is 0 Å². The molecule has 0 aliphatic carbocycles. The lowest BCUT2D eigenvalue weighted by Gasteiger charge is -2.38. The fraction of sp³-hybridized carbons (Fsp3) is 0.391. The zero-order valence-corrected chi connectivity index (χ0v) is 17.8. The summed E-state index contributed by atoms with van der Waals surface area (Å²) in [6.07, 6.45) is -10.9. The number of carbonyl (C=O) groups is 2. The van der Waals surface area contributed by atoms with Crippen LogP contribution in [0.2, 0.25) is 0 Å². The second kappa shape index (κ2) is 10.3. The number of benzene rings is 2. The highest BCUT2D eigenvalue weighted by Crippen LogP contribution is 2.56. The minimum Gasteiger partial charge on any atom is -0.462 e. The Bertz CT molecular complexity index is 902. The van der Waals surface area contributed by atoms with Crippen molar-refractivity contribution in [1.82, 2.24) is 0 Å². The largest absolute Gasteiger partial charge is 0.462 e. The summed E-state index contributed by atoms with van der Waals surface area (Å²) < 4.78 is 95.9. The minimum absolute atomic E-state index is 0.0470. The minimum atomic E-state index is -5.87. The van der Waals surface area contributed by atoms with Crippen molar-refractivity contribution in [3.8, 4) is 0 Å². The summed E-state index contributed by atoms with van der Waals surface area (Å²) in [5.41, 5.74) is -7.89. The Morgan fingerprint density at radius 2 is 1.06 bits per heavy atom. The summed E-state index contributed by atoms with van der Waals surface area (Å²) in [4.78, 5) is 24.2. The standard InChI is InChI=1S/C23H22F6O4/c1-3-11-32-19(30)15-7-5-9-17(13-15)21(22(24,25)26,23(27,28)29)18-10-6-8-16(14-18)20(31)33-12-4-2/h5-10,13-14H,3-4,11-12H2,1-2H3. The first-order chi connectivity index (χ1) is 15.4. The van der Waals surface area contributed by atoms with Gasteiger partial charge < -0.3 is 9.47 Å². The van der Waals surface area contributed by atoms with Gasteiger partial charge in [0.1, 0.15) is 0 Å². The van der Waals surface area contributed by atoms with Crippen molar-refractivity contribution in [2.24, 2.45) is 0 Å². The van der Waals surface area contributed by atoms with Crippen molar-refractivity contribution in [3.05, 3.63) is 70.8 Å².